The van der Waals surface area contributed by atoms with Gasteiger partial charge in [-0.3, -0.25) is 4.79 Å². The molecule has 1 fully saturated rings. The van der Waals surface area contributed by atoms with Crippen molar-refractivity contribution in [3.05, 3.63) is 64.1 Å². The predicted molar refractivity (Wildman–Crippen MR) is 107 cm³/mol. The highest BCUT2D eigenvalue weighted by Gasteiger charge is 2.23. The summed E-state index contributed by atoms with van der Waals surface area (Å²) in [5, 5.41) is 3.54. The molecule has 4 nitrogen and oxygen atoms in total. The van der Waals surface area contributed by atoms with Crippen molar-refractivity contribution in [2.45, 2.75) is 13.0 Å². The predicted octanol–water partition coefficient (Wildman–Crippen LogP) is 2.97. The van der Waals surface area contributed by atoms with Gasteiger partial charge >= 0.3 is 0 Å². The molecule has 1 atom stereocenters. The number of amides is 1. The summed E-state index contributed by atoms with van der Waals surface area (Å²) in [6.45, 7) is 5.63. The third-order valence-corrected chi connectivity index (χ3v) is 5.43. The van der Waals surface area contributed by atoms with Gasteiger partial charge in [-0.25, -0.2) is 0 Å². The average molecular weight is 393 g/mol. The fourth-order valence-electron chi connectivity index (χ4n) is 3.26. The van der Waals surface area contributed by atoms with Crippen LogP contribution in [0, 0.1) is 0 Å². The lowest BCUT2D eigenvalue weighted by Crippen LogP contribution is -2.87. The monoisotopic (exact) mass is 392 g/mol. The van der Waals surface area contributed by atoms with Crippen molar-refractivity contribution in [3.8, 4) is 0 Å². The number of nitrogens with two attached hydrogens (primary N) is 1. The van der Waals surface area contributed by atoms with Crippen molar-refractivity contribution in [2.24, 2.45) is 0 Å². The first-order valence-electron chi connectivity index (χ1n) is 8.90. The molecule has 0 saturated carbocycles. The van der Waals surface area contributed by atoms with Gasteiger partial charge in [0.15, 0.2) is 6.54 Å². The van der Waals surface area contributed by atoms with Crippen molar-refractivity contribution < 1.29 is 10.1 Å². The molecule has 0 unspecified atom stereocenters. The van der Waals surface area contributed by atoms with E-state index in [1.807, 2.05) is 52.7 Å². The number of quaternary nitrogens is 1. The number of hydrogen-bond donors (Lipinski definition) is 1. The summed E-state index contributed by atoms with van der Waals surface area (Å²) in [6, 6.07) is 15.8. The Kier molecular flexibility index (Phi) is 6.41. The smallest absolute Gasteiger partial charge is 0.277 e. The van der Waals surface area contributed by atoms with E-state index in [4.69, 9.17) is 23.2 Å². The van der Waals surface area contributed by atoms with Crippen molar-refractivity contribution >= 4 is 34.8 Å². The molecule has 26 heavy (non-hydrogen) atoms. The molecular weight excluding hydrogens is 369 g/mol. The topological polar surface area (TPSA) is 40.2 Å². The quantitative estimate of drug-likeness (QED) is 0.849. The number of piperazine rings is 1. The number of rotatable bonds is 5. The zero-order valence-corrected chi connectivity index (χ0v) is 16.4. The molecule has 0 aromatic heterocycles. The van der Waals surface area contributed by atoms with Crippen LogP contribution < -0.4 is 10.2 Å². The van der Waals surface area contributed by atoms with Gasteiger partial charge < -0.3 is 15.1 Å². The number of benzene rings is 2. The maximum Gasteiger partial charge on any atom is 0.277 e. The first-order chi connectivity index (χ1) is 12.5. The molecule has 1 heterocycles. The summed E-state index contributed by atoms with van der Waals surface area (Å²) < 4.78 is 0. The van der Waals surface area contributed by atoms with Crippen LogP contribution in [-0.2, 0) is 4.79 Å². The van der Waals surface area contributed by atoms with Crippen molar-refractivity contribution in [3.63, 3.8) is 0 Å². The van der Waals surface area contributed by atoms with Crippen molar-refractivity contribution in [1.82, 2.24) is 4.90 Å². The molecule has 1 saturated heterocycles. The summed E-state index contributed by atoms with van der Waals surface area (Å²) in [4.78, 5) is 16.7. The van der Waals surface area contributed by atoms with E-state index in [2.05, 4.69) is 17.9 Å². The van der Waals surface area contributed by atoms with Crippen LogP contribution in [0.3, 0.4) is 0 Å². The number of carbonyl (C=O) groups is 1. The number of anilines is 1. The van der Waals surface area contributed by atoms with Gasteiger partial charge in [0.25, 0.3) is 5.91 Å². The zero-order chi connectivity index (χ0) is 18.5. The van der Waals surface area contributed by atoms with Gasteiger partial charge in [-0.1, -0.05) is 47.5 Å². The third kappa shape index (κ3) is 4.70. The van der Waals surface area contributed by atoms with E-state index in [0.717, 1.165) is 47.5 Å². The number of hydrogen-bond acceptors (Lipinski definition) is 2. The minimum atomic E-state index is 0.153. The van der Waals surface area contributed by atoms with Crippen molar-refractivity contribution in [1.29, 1.82) is 0 Å². The molecule has 0 spiro atoms. The fourth-order valence-corrected chi connectivity index (χ4v) is 3.76. The normalized spacial score (nSPS) is 15.8. The molecule has 1 amide bonds. The highest BCUT2D eigenvalue weighted by Crippen LogP contribution is 2.21. The summed E-state index contributed by atoms with van der Waals surface area (Å²) in [6.07, 6.45) is 0. The second kappa shape index (κ2) is 8.76. The van der Waals surface area contributed by atoms with Crippen LogP contribution in [0.1, 0.15) is 18.5 Å². The standard InChI is InChI=1S/C20H23Cl2N3O/c1-15(18-7-2-3-8-19(18)22)23-14-20(26)25-11-9-24(10-12-25)17-6-4-5-16(21)13-17/h2-8,13,15,23H,9-12,14H2,1H3/p+1/t15-/m1/s1. The number of carbonyl (C=O) groups excluding carboxylic acids is 1. The Morgan fingerprint density at radius 2 is 1.81 bits per heavy atom. The lowest BCUT2D eigenvalue weighted by Gasteiger charge is -2.36. The van der Waals surface area contributed by atoms with E-state index in [9.17, 15) is 4.79 Å². The van der Waals surface area contributed by atoms with Gasteiger partial charge in [0, 0.05) is 47.5 Å². The maximum atomic E-state index is 12.5. The van der Waals surface area contributed by atoms with Gasteiger partial charge in [-0.2, -0.15) is 0 Å². The van der Waals surface area contributed by atoms with Gasteiger partial charge in [0.1, 0.15) is 6.04 Å². The molecule has 0 aliphatic carbocycles. The second-order valence-corrected chi connectivity index (χ2v) is 7.44. The van der Waals surface area contributed by atoms with Crippen LogP contribution in [0.25, 0.3) is 0 Å². The Morgan fingerprint density at radius 3 is 2.50 bits per heavy atom. The van der Waals surface area contributed by atoms with Gasteiger partial charge in [0.05, 0.1) is 0 Å². The molecule has 6 heteroatoms. The molecule has 2 aromatic carbocycles. The average Bonchev–Trinajstić information content (AvgIpc) is 2.66. The molecule has 1 aliphatic heterocycles. The van der Waals surface area contributed by atoms with Crippen LogP contribution in [0.15, 0.2) is 48.5 Å². The summed E-state index contributed by atoms with van der Waals surface area (Å²) >= 11 is 12.3. The maximum absolute atomic E-state index is 12.5. The van der Waals surface area contributed by atoms with Gasteiger partial charge in [0.2, 0.25) is 0 Å². The van der Waals surface area contributed by atoms with Crippen LogP contribution in [-0.4, -0.2) is 43.5 Å². The van der Waals surface area contributed by atoms with Crippen molar-refractivity contribution in [2.75, 3.05) is 37.6 Å². The van der Waals surface area contributed by atoms with Crippen LogP contribution >= 0.6 is 23.2 Å². The summed E-state index contributed by atoms with van der Waals surface area (Å²) in [7, 11) is 0. The van der Waals surface area contributed by atoms with Crippen LogP contribution in [0.5, 0.6) is 0 Å². The molecule has 2 aromatic rings. The minimum Gasteiger partial charge on any atom is -0.368 e. The van der Waals surface area contributed by atoms with E-state index < -0.39 is 0 Å². The SMILES string of the molecule is C[C@@H]([NH2+]CC(=O)N1CCN(c2cccc(Cl)c2)CC1)c1ccccc1Cl. The molecule has 3 rings (SSSR count). The Bertz CT molecular complexity index is 760. The number of nitrogens with zero attached hydrogens (tertiary/aromatic N) is 2. The highest BCUT2D eigenvalue weighted by atomic mass is 35.5. The largest absolute Gasteiger partial charge is 0.368 e. The second-order valence-electron chi connectivity index (χ2n) is 6.60. The molecule has 0 bridgehead atoms. The van der Waals surface area contributed by atoms with Gasteiger partial charge in [-0.15, -0.1) is 0 Å². The molecule has 138 valence electrons. The Hall–Kier alpha value is -1.75. The Labute approximate surface area is 164 Å². The van der Waals surface area contributed by atoms with E-state index in [1.165, 1.54) is 0 Å². The highest BCUT2D eigenvalue weighted by molar-refractivity contribution is 6.31. The van der Waals surface area contributed by atoms with E-state index in [-0.39, 0.29) is 11.9 Å². The van der Waals surface area contributed by atoms with Crippen LogP contribution in [0.2, 0.25) is 10.0 Å². The lowest BCUT2D eigenvalue weighted by molar-refractivity contribution is -0.683. The Morgan fingerprint density at radius 1 is 1.08 bits per heavy atom. The summed E-state index contributed by atoms with van der Waals surface area (Å²) in [5.74, 6) is 0.176. The van der Waals surface area contributed by atoms with E-state index in [0.29, 0.717) is 6.54 Å². The van der Waals surface area contributed by atoms with E-state index >= 15 is 0 Å². The van der Waals surface area contributed by atoms with Gasteiger partial charge in [-0.05, 0) is 31.2 Å². The minimum absolute atomic E-state index is 0.153. The first-order valence-corrected chi connectivity index (χ1v) is 9.66. The molecule has 0 radical (unpaired) electrons. The summed E-state index contributed by atoms with van der Waals surface area (Å²) in [5.41, 5.74) is 2.18. The first kappa shape index (κ1) is 19.0. The Balaban J connectivity index is 1.49. The zero-order valence-electron chi connectivity index (χ0n) is 14.9. The van der Waals surface area contributed by atoms with Crippen LogP contribution in [0.4, 0.5) is 5.69 Å². The molecule has 1 aliphatic rings. The fraction of sp³-hybridized carbons (Fsp3) is 0.350. The van der Waals surface area contributed by atoms with E-state index in [1.54, 1.807) is 0 Å². The third-order valence-electron chi connectivity index (χ3n) is 4.85. The molecular formula is C20H24Cl2N3O+. The molecule has 2 N–H and O–H groups in total. The number of halogens is 2. The lowest BCUT2D eigenvalue weighted by atomic mass is 10.1.